The second-order valence-electron chi connectivity index (χ2n) is 4.21. The van der Waals surface area contributed by atoms with E-state index >= 15 is 0 Å². The lowest BCUT2D eigenvalue weighted by Gasteiger charge is -2.19. The van der Waals surface area contributed by atoms with Gasteiger partial charge in [0.2, 0.25) is 0 Å². The van der Waals surface area contributed by atoms with Gasteiger partial charge in [-0.05, 0) is 45.3 Å². The van der Waals surface area contributed by atoms with Crippen molar-refractivity contribution in [1.29, 1.82) is 0 Å². The molecule has 0 saturated carbocycles. The first-order valence-corrected chi connectivity index (χ1v) is 5.50. The number of rotatable bonds is 1. The summed E-state index contributed by atoms with van der Waals surface area (Å²) in [6, 6.07) is 0. The lowest BCUT2D eigenvalue weighted by Crippen LogP contribution is -2.10. The fourth-order valence-corrected chi connectivity index (χ4v) is 2.13. The lowest BCUT2D eigenvalue weighted by molar-refractivity contribution is 0.604. The molecule has 0 heterocycles. The summed E-state index contributed by atoms with van der Waals surface area (Å²) in [7, 11) is 0. The molecule has 0 unspecified atom stereocenters. The maximum atomic E-state index is 14.0. The molecule has 0 amide bonds. The van der Waals surface area contributed by atoms with Gasteiger partial charge in [0.05, 0.1) is 11.5 Å². The third-order valence-corrected chi connectivity index (χ3v) is 3.03. The highest BCUT2D eigenvalue weighted by atomic mass is 19.1. The first-order valence-electron chi connectivity index (χ1n) is 5.50. The topological polar surface area (TPSA) is 0 Å². The van der Waals surface area contributed by atoms with Gasteiger partial charge in [0.1, 0.15) is 0 Å². The summed E-state index contributed by atoms with van der Waals surface area (Å²) < 4.78 is 14.0. The quantitative estimate of drug-likeness (QED) is 0.553. The maximum Gasteiger partial charge on any atom is 0.200 e. The van der Waals surface area contributed by atoms with Crippen molar-refractivity contribution in [2.75, 3.05) is 0 Å². The van der Waals surface area contributed by atoms with Crippen LogP contribution in [0.1, 0.15) is 32.6 Å². The maximum absolute atomic E-state index is 14.0. The predicted molar refractivity (Wildman–Crippen MR) is 61.9 cm³/mol. The van der Waals surface area contributed by atoms with Crippen molar-refractivity contribution in [3.05, 3.63) is 53.3 Å². The molecule has 0 fully saturated rings. The molecule has 0 saturated heterocycles. The summed E-state index contributed by atoms with van der Waals surface area (Å²) in [6.07, 6.45) is 10.3. The van der Waals surface area contributed by atoms with Crippen LogP contribution < -0.4 is 0 Å². The Hall–Kier alpha value is -1.24. The van der Waals surface area contributed by atoms with Gasteiger partial charge in [-0.1, -0.05) is 0 Å². The first-order chi connectivity index (χ1) is 7.20. The van der Waals surface area contributed by atoms with Crippen molar-refractivity contribution in [1.82, 2.24) is 0 Å². The summed E-state index contributed by atoms with van der Waals surface area (Å²) >= 11 is 0. The summed E-state index contributed by atoms with van der Waals surface area (Å²) in [5.74, 6) is 0.658. The molecule has 0 spiro atoms. The van der Waals surface area contributed by atoms with E-state index in [-0.39, 0.29) is 5.83 Å². The largest absolute Gasteiger partial charge is 0.200 e. The third-order valence-electron chi connectivity index (χ3n) is 3.03. The Morgan fingerprint density at radius 2 is 2.13 bits per heavy atom. The van der Waals surface area contributed by atoms with Crippen molar-refractivity contribution >= 4 is 0 Å². The van der Waals surface area contributed by atoms with Gasteiger partial charge in [0, 0.05) is 23.3 Å². The van der Waals surface area contributed by atoms with E-state index in [1.807, 2.05) is 13.0 Å². The van der Waals surface area contributed by atoms with E-state index in [1.165, 1.54) is 12.8 Å². The lowest BCUT2D eigenvalue weighted by atomic mass is 9.80. The average molecular weight is 203 g/mol. The second kappa shape index (κ2) is 4.09. The minimum atomic E-state index is -0.0874. The Kier molecular flexibility index (Phi) is 2.81. The van der Waals surface area contributed by atoms with E-state index in [9.17, 15) is 4.39 Å². The molecule has 0 aromatic rings. The normalized spacial score (nSPS) is 22.1. The molecular weight excluding hydrogens is 187 g/mol. The highest BCUT2D eigenvalue weighted by molar-refractivity contribution is 5.59. The van der Waals surface area contributed by atoms with Crippen LogP contribution in [0.25, 0.3) is 0 Å². The predicted octanol–water partition coefficient (Wildman–Crippen LogP) is 4.43. The molecule has 0 N–H and O–H groups in total. The van der Waals surface area contributed by atoms with Crippen LogP contribution in [0, 0.1) is 5.92 Å². The molecule has 0 aliphatic heterocycles. The SMILES string of the molecule is C=C1C=CC(C)=C(F)[C+]1C1=CCCCC1. The number of halogens is 1. The molecule has 2 aliphatic carbocycles. The van der Waals surface area contributed by atoms with E-state index in [1.54, 1.807) is 6.08 Å². The average Bonchev–Trinajstić information content (AvgIpc) is 2.26. The van der Waals surface area contributed by atoms with Gasteiger partial charge in [0.25, 0.3) is 0 Å². The highest BCUT2D eigenvalue weighted by Gasteiger charge is 2.32. The first kappa shape index (κ1) is 10.3. The molecule has 0 bridgehead atoms. The molecule has 2 rings (SSSR count). The van der Waals surface area contributed by atoms with Crippen molar-refractivity contribution < 1.29 is 4.39 Å². The van der Waals surface area contributed by atoms with E-state index in [4.69, 9.17) is 0 Å². The molecule has 2 aliphatic rings. The smallest absolute Gasteiger partial charge is 0.187 e. The molecule has 0 aromatic heterocycles. The van der Waals surface area contributed by atoms with Crippen LogP contribution in [-0.2, 0) is 0 Å². The zero-order valence-electron chi connectivity index (χ0n) is 9.15. The molecule has 0 atom stereocenters. The van der Waals surface area contributed by atoms with Crippen LogP contribution in [0.4, 0.5) is 4.39 Å². The zero-order chi connectivity index (χ0) is 10.8. The zero-order valence-corrected chi connectivity index (χ0v) is 9.15. The minimum absolute atomic E-state index is 0.0874. The molecule has 1 heteroatoms. The van der Waals surface area contributed by atoms with Gasteiger partial charge in [-0.2, -0.15) is 4.39 Å². The van der Waals surface area contributed by atoms with Crippen molar-refractivity contribution in [3.8, 4) is 0 Å². The van der Waals surface area contributed by atoms with Crippen LogP contribution in [-0.4, -0.2) is 0 Å². The summed E-state index contributed by atoms with van der Waals surface area (Å²) in [5.41, 5.74) is 2.67. The minimum Gasteiger partial charge on any atom is -0.187 e. The monoisotopic (exact) mass is 203 g/mol. The summed E-state index contributed by atoms with van der Waals surface area (Å²) in [4.78, 5) is 0. The number of allylic oxidation sites excluding steroid dienone is 7. The standard InChI is InChI=1S/C14H16F/c1-10-8-9-11(2)14(15)13(10)12-6-4-3-5-7-12/h6,8-9H,1,3-5,7H2,2H3/q+1. The Morgan fingerprint density at radius 3 is 2.80 bits per heavy atom. The van der Waals surface area contributed by atoms with Gasteiger partial charge in [-0.25, -0.2) is 0 Å². The van der Waals surface area contributed by atoms with Crippen molar-refractivity contribution in [2.45, 2.75) is 32.6 Å². The van der Waals surface area contributed by atoms with Crippen LogP contribution in [0.15, 0.2) is 47.4 Å². The van der Waals surface area contributed by atoms with Gasteiger partial charge < -0.3 is 0 Å². The van der Waals surface area contributed by atoms with Gasteiger partial charge in [0.15, 0.2) is 5.83 Å². The van der Waals surface area contributed by atoms with E-state index in [0.717, 1.165) is 29.9 Å². The van der Waals surface area contributed by atoms with E-state index in [2.05, 4.69) is 12.7 Å². The Balaban J connectivity index is 2.31. The highest BCUT2D eigenvalue weighted by Crippen LogP contribution is 2.40. The molecular formula is C14H16F+. The fourth-order valence-electron chi connectivity index (χ4n) is 2.13. The van der Waals surface area contributed by atoms with E-state index in [0.29, 0.717) is 5.57 Å². The number of hydrogen-bond acceptors (Lipinski definition) is 0. The molecule has 15 heavy (non-hydrogen) atoms. The van der Waals surface area contributed by atoms with Crippen molar-refractivity contribution in [2.24, 2.45) is 0 Å². The van der Waals surface area contributed by atoms with Gasteiger partial charge in [-0.15, -0.1) is 0 Å². The van der Waals surface area contributed by atoms with E-state index < -0.39 is 0 Å². The molecule has 0 nitrogen and oxygen atoms in total. The molecule has 78 valence electrons. The Morgan fingerprint density at radius 1 is 1.33 bits per heavy atom. The van der Waals surface area contributed by atoms with Crippen molar-refractivity contribution in [3.63, 3.8) is 0 Å². The van der Waals surface area contributed by atoms with Crippen LogP contribution in [0.2, 0.25) is 0 Å². The fraction of sp³-hybridized carbons (Fsp3) is 0.357. The summed E-state index contributed by atoms with van der Waals surface area (Å²) in [6.45, 7) is 5.72. The van der Waals surface area contributed by atoms with Gasteiger partial charge >= 0.3 is 0 Å². The summed E-state index contributed by atoms with van der Waals surface area (Å²) in [5, 5.41) is 0. The van der Waals surface area contributed by atoms with Crippen LogP contribution >= 0.6 is 0 Å². The number of hydrogen-bond donors (Lipinski definition) is 0. The second-order valence-corrected chi connectivity index (χ2v) is 4.21. The molecule has 0 radical (unpaired) electrons. The Bertz CT molecular complexity index is 369. The van der Waals surface area contributed by atoms with Crippen LogP contribution in [0.3, 0.4) is 0 Å². The van der Waals surface area contributed by atoms with Crippen LogP contribution in [0.5, 0.6) is 0 Å². The molecule has 0 aromatic carbocycles. The Labute approximate surface area is 90.9 Å². The third kappa shape index (κ3) is 1.92. The van der Waals surface area contributed by atoms with Gasteiger partial charge in [-0.3, -0.25) is 0 Å².